The fourth-order valence-corrected chi connectivity index (χ4v) is 4.63. The van der Waals surface area contributed by atoms with Gasteiger partial charge in [0.15, 0.2) is 4.34 Å². The molecular weight excluding hydrogens is 361 g/mol. The Balaban J connectivity index is 1.60. The third kappa shape index (κ3) is 3.98. The van der Waals surface area contributed by atoms with Gasteiger partial charge in [-0.3, -0.25) is 0 Å². The summed E-state index contributed by atoms with van der Waals surface area (Å²) in [5.74, 6) is 2.03. The molecule has 22 heavy (non-hydrogen) atoms. The summed E-state index contributed by atoms with van der Waals surface area (Å²) in [6.45, 7) is 2.58. The molecule has 3 rings (SSSR count). The molecule has 1 fully saturated rings. The summed E-state index contributed by atoms with van der Waals surface area (Å²) in [6, 6.07) is 7.78. The minimum atomic E-state index is -0.533. The van der Waals surface area contributed by atoms with Gasteiger partial charge in [0.2, 0.25) is 5.13 Å². The van der Waals surface area contributed by atoms with Crippen molar-refractivity contribution in [2.75, 3.05) is 17.7 Å². The average molecular weight is 376 g/mol. The lowest BCUT2D eigenvalue weighted by molar-refractivity contribution is 0.342. The Kier molecular flexibility index (Phi) is 5.02. The molecule has 118 valence electrons. The molecule has 8 heteroatoms. The van der Waals surface area contributed by atoms with Crippen LogP contribution in [-0.4, -0.2) is 26.9 Å². The maximum Gasteiger partial charge on any atom is 0.210 e. The molecule has 0 saturated heterocycles. The topological polar surface area (TPSA) is 47.0 Å². The fourth-order valence-electron chi connectivity index (χ4n) is 1.91. The van der Waals surface area contributed by atoms with Crippen LogP contribution < -0.4 is 10.1 Å². The van der Waals surface area contributed by atoms with Gasteiger partial charge >= 0.3 is 0 Å². The number of hydrogen-bond donors (Lipinski definition) is 1. The first-order chi connectivity index (χ1) is 10.6. The molecule has 0 aliphatic heterocycles. The molecule has 1 aromatic heterocycles. The largest absolute Gasteiger partial charge is 0.492 e. The summed E-state index contributed by atoms with van der Waals surface area (Å²) < 4.78 is 5.96. The van der Waals surface area contributed by atoms with Crippen LogP contribution in [-0.2, 0) is 0 Å². The summed E-state index contributed by atoms with van der Waals surface area (Å²) in [7, 11) is 0. The lowest BCUT2D eigenvalue weighted by Gasteiger charge is -2.09. The van der Waals surface area contributed by atoms with Crippen LogP contribution in [0.25, 0.3) is 0 Å². The van der Waals surface area contributed by atoms with Crippen LogP contribution in [0.5, 0.6) is 5.75 Å². The average Bonchev–Trinajstić information content (AvgIpc) is 2.90. The van der Waals surface area contributed by atoms with Crippen molar-refractivity contribution in [1.82, 2.24) is 10.2 Å². The number of anilines is 2. The number of rotatable bonds is 7. The SMILES string of the molecule is CCOc1ccccc1Nc1nnc(SCC2CC2(Cl)Cl)s1. The molecular formula is C14H15Cl2N3OS2. The van der Waals surface area contributed by atoms with Crippen molar-refractivity contribution >= 4 is 57.1 Å². The summed E-state index contributed by atoms with van der Waals surface area (Å²) in [5, 5.41) is 12.3. The van der Waals surface area contributed by atoms with Crippen LogP contribution in [0.1, 0.15) is 13.3 Å². The predicted molar refractivity (Wildman–Crippen MR) is 94.1 cm³/mol. The maximum absolute atomic E-state index is 6.03. The smallest absolute Gasteiger partial charge is 0.210 e. The number of nitrogens with zero attached hydrogens (tertiary/aromatic N) is 2. The van der Waals surface area contributed by atoms with E-state index in [1.54, 1.807) is 11.8 Å². The molecule has 1 unspecified atom stereocenters. The van der Waals surface area contributed by atoms with Gasteiger partial charge < -0.3 is 10.1 Å². The van der Waals surface area contributed by atoms with E-state index in [4.69, 9.17) is 27.9 Å². The number of nitrogens with one attached hydrogen (secondary N) is 1. The van der Waals surface area contributed by atoms with E-state index in [2.05, 4.69) is 15.5 Å². The predicted octanol–water partition coefficient (Wildman–Crippen LogP) is 4.97. The van der Waals surface area contributed by atoms with Crippen molar-refractivity contribution < 1.29 is 4.74 Å². The lowest BCUT2D eigenvalue weighted by atomic mass is 10.3. The first-order valence-electron chi connectivity index (χ1n) is 6.91. The molecule has 1 atom stereocenters. The van der Waals surface area contributed by atoms with E-state index >= 15 is 0 Å². The van der Waals surface area contributed by atoms with Gasteiger partial charge in [0.1, 0.15) is 10.1 Å². The molecule has 0 amide bonds. The minimum absolute atomic E-state index is 0.347. The van der Waals surface area contributed by atoms with Gasteiger partial charge in [0, 0.05) is 11.7 Å². The summed E-state index contributed by atoms with van der Waals surface area (Å²) >= 11 is 15.2. The van der Waals surface area contributed by atoms with Gasteiger partial charge in [-0.25, -0.2) is 0 Å². The molecule has 1 aliphatic rings. The lowest BCUT2D eigenvalue weighted by Crippen LogP contribution is -1.97. The normalized spacial score (nSPS) is 19.0. The molecule has 1 saturated carbocycles. The van der Waals surface area contributed by atoms with E-state index in [9.17, 15) is 0 Å². The van der Waals surface area contributed by atoms with E-state index in [-0.39, 0.29) is 0 Å². The van der Waals surface area contributed by atoms with Gasteiger partial charge in [0.25, 0.3) is 0 Å². The number of halogens is 2. The number of aromatic nitrogens is 2. The second kappa shape index (κ2) is 6.83. The van der Waals surface area contributed by atoms with Gasteiger partial charge in [-0.2, -0.15) is 0 Å². The zero-order valence-corrected chi connectivity index (χ0v) is 15.0. The van der Waals surface area contributed by atoms with Crippen molar-refractivity contribution in [3.05, 3.63) is 24.3 Å². The first kappa shape index (κ1) is 16.2. The Morgan fingerprint density at radius 3 is 2.91 bits per heavy atom. The zero-order valence-electron chi connectivity index (χ0n) is 11.9. The van der Waals surface area contributed by atoms with Crippen LogP contribution in [0.15, 0.2) is 28.6 Å². The quantitative estimate of drug-likeness (QED) is 0.546. The maximum atomic E-state index is 6.03. The number of para-hydroxylation sites is 2. The van der Waals surface area contributed by atoms with Crippen molar-refractivity contribution in [3.8, 4) is 5.75 Å². The Labute approximate surface area is 147 Å². The highest BCUT2D eigenvalue weighted by atomic mass is 35.5. The zero-order chi connectivity index (χ0) is 15.6. The van der Waals surface area contributed by atoms with E-state index in [1.807, 2.05) is 31.2 Å². The fraction of sp³-hybridized carbons (Fsp3) is 0.429. The highest BCUT2D eigenvalue weighted by molar-refractivity contribution is 8.01. The Hall–Kier alpha value is -0.690. The van der Waals surface area contributed by atoms with Crippen molar-refractivity contribution in [1.29, 1.82) is 0 Å². The molecule has 1 heterocycles. The summed E-state index contributed by atoms with van der Waals surface area (Å²) in [5.41, 5.74) is 0.889. The summed E-state index contributed by atoms with van der Waals surface area (Å²) in [6.07, 6.45) is 0.856. The molecule has 2 aromatic rings. The number of benzene rings is 1. The number of hydrogen-bond acceptors (Lipinski definition) is 6. The molecule has 4 nitrogen and oxygen atoms in total. The highest BCUT2D eigenvalue weighted by Gasteiger charge is 2.51. The second-order valence-electron chi connectivity index (χ2n) is 4.90. The highest BCUT2D eigenvalue weighted by Crippen LogP contribution is 2.55. The van der Waals surface area contributed by atoms with Crippen LogP contribution in [0.3, 0.4) is 0 Å². The van der Waals surface area contributed by atoms with Crippen molar-refractivity contribution in [2.24, 2.45) is 5.92 Å². The van der Waals surface area contributed by atoms with E-state index in [1.165, 1.54) is 11.3 Å². The molecule has 1 aliphatic carbocycles. The van der Waals surface area contributed by atoms with Gasteiger partial charge in [-0.1, -0.05) is 35.2 Å². The number of thioether (sulfide) groups is 1. The van der Waals surface area contributed by atoms with Gasteiger partial charge in [0.05, 0.1) is 12.3 Å². The Morgan fingerprint density at radius 2 is 2.18 bits per heavy atom. The molecule has 0 radical (unpaired) electrons. The van der Waals surface area contributed by atoms with E-state index in [0.717, 1.165) is 33.1 Å². The van der Waals surface area contributed by atoms with Crippen LogP contribution in [0.2, 0.25) is 0 Å². The molecule has 0 spiro atoms. The van der Waals surface area contributed by atoms with Crippen LogP contribution in [0, 0.1) is 5.92 Å². The molecule has 0 bridgehead atoms. The standard InChI is InChI=1S/C14H15Cl2N3OS2/c1-2-20-11-6-4-3-5-10(11)17-12-18-19-13(22-12)21-8-9-7-14(9,15)16/h3-6,9H,2,7-8H2,1H3,(H,17,18). The third-order valence-electron chi connectivity index (χ3n) is 3.20. The number of ether oxygens (including phenoxy) is 1. The molecule has 1 N–H and O–H groups in total. The Bertz CT molecular complexity index is 651. The van der Waals surface area contributed by atoms with Gasteiger partial charge in [-0.15, -0.1) is 33.4 Å². The Morgan fingerprint density at radius 1 is 1.41 bits per heavy atom. The van der Waals surface area contributed by atoms with Crippen molar-refractivity contribution in [2.45, 2.75) is 22.0 Å². The third-order valence-corrected chi connectivity index (χ3v) is 6.26. The molecule has 1 aromatic carbocycles. The van der Waals surface area contributed by atoms with Crippen LogP contribution in [0.4, 0.5) is 10.8 Å². The number of alkyl halides is 2. The van der Waals surface area contributed by atoms with E-state index < -0.39 is 4.33 Å². The van der Waals surface area contributed by atoms with Gasteiger partial charge in [-0.05, 0) is 25.5 Å². The first-order valence-corrected chi connectivity index (χ1v) is 9.47. The summed E-state index contributed by atoms with van der Waals surface area (Å²) in [4.78, 5) is 0. The van der Waals surface area contributed by atoms with Crippen LogP contribution >= 0.6 is 46.3 Å². The minimum Gasteiger partial charge on any atom is -0.492 e. The van der Waals surface area contributed by atoms with E-state index in [0.29, 0.717) is 12.5 Å². The second-order valence-corrected chi connectivity index (χ2v) is 8.69. The monoisotopic (exact) mass is 375 g/mol. The van der Waals surface area contributed by atoms with Crippen molar-refractivity contribution in [3.63, 3.8) is 0 Å².